The molecule has 0 bridgehead atoms. The van der Waals surface area contributed by atoms with Gasteiger partial charge in [0, 0.05) is 11.0 Å². The number of aryl methyl sites for hydroxylation is 1. The number of carbonyl (C=O) groups excluding carboxylic acids is 2. The van der Waals surface area contributed by atoms with Crippen molar-refractivity contribution in [2.75, 3.05) is 0 Å². The van der Waals surface area contributed by atoms with E-state index >= 15 is 0 Å². The molecular weight excluding hydrogens is 394 g/mol. The van der Waals surface area contributed by atoms with Gasteiger partial charge in [0.25, 0.3) is 11.8 Å². The molecular formula is C20H23N3O5S. The summed E-state index contributed by atoms with van der Waals surface area (Å²) in [5.74, 6) is -0.604. The van der Waals surface area contributed by atoms with E-state index < -0.39 is 16.7 Å². The molecule has 29 heavy (non-hydrogen) atoms. The van der Waals surface area contributed by atoms with Crippen LogP contribution in [0.2, 0.25) is 0 Å². The normalized spacial score (nSPS) is 16.4. The number of nitrogens with one attached hydrogen (secondary N) is 2. The number of hydrazine groups is 1. The first-order valence-corrected chi connectivity index (χ1v) is 10.1. The van der Waals surface area contributed by atoms with Crippen molar-refractivity contribution >= 4 is 35.1 Å². The average molecular weight is 417 g/mol. The number of furan rings is 1. The lowest BCUT2D eigenvalue weighted by Gasteiger charge is -2.33. The van der Waals surface area contributed by atoms with Crippen LogP contribution < -0.4 is 10.9 Å². The molecule has 0 radical (unpaired) electrons. The highest BCUT2D eigenvalue weighted by Crippen LogP contribution is 2.40. The summed E-state index contributed by atoms with van der Waals surface area (Å²) in [4.78, 5) is 35.9. The van der Waals surface area contributed by atoms with Gasteiger partial charge >= 0.3 is 5.88 Å². The van der Waals surface area contributed by atoms with Crippen LogP contribution in [-0.2, 0) is 17.6 Å². The second-order valence-corrected chi connectivity index (χ2v) is 9.21. The SMILES string of the molecule is CC(C)(C)[C@H]1CCc2sc(C(=O)NNC(=O)/C=C/c3ccc([N+](=O)[O-])o3)cc2C1. The highest BCUT2D eigenvalue weighted by Gasteiger charge is 2.30. The van der Waals surface area contributed by atoms with Crippen molar-refractivity contribution in [3.63, 3.8) is 0 Å². The molecule has 0 aromatic carbocycles. The molecule has 1 aliphatic carbocycles. The predicted molar refractivity (Wildman–Crippen MR) is 109 cm³/mol. The molecule has 1 aliphatic rings. The van der Waals surface area contributed by atoms with E-state index in [1.165, 1.54) is 40.0 Å². The number of carbonyl (C=O) groups is 2. The third kappa shape index (κ3) is 5.11. The number of thiophene rings is 1. The molecule has 2 aromatic heterocycles. The monoisotopic (exact) mass is 417 g/mol. The number of nitrogens with zero attached hydrogens (tertiary/aromatic N) is 1. The number of nitro groups is 1. The van der Waals surface area contributed by atoms with Gasteiger partial charge in [-0.1, -0.05) is 20.8 Å². The second-order valence-electron chi connectivity index (χ2n) is 8.07. The van der Waals surface area contributed by atoms with Crippen molar-refractivity contribution in [2.24, 2.45) is 11.3 Å². The Balaban J connectivity index is 1.54. The Morgan fingerprint density at radius 1 is 1.31 bits per heavy atom. The fourth-order valence-electron chi connectivity index (χ4n) is 3.28. The Morgan fingerprint density at radius 3 is 2.72 bits per heavy atom. The van der Waals surface area contributed by atoms with Gasteiger partial charge in [0.2, 0.25) is 0 Å². The quantitative estimate of drug-likeness (QED) is 0.445. The second kappa shape index (κ2) is 8.20. The number of amides is 2. The van der Waals surface area contributed by atoms with Crippen molar-refractivity contribution in [2.45, 2.75) is 40.0 Å². The van der Waals surface area contributed by atoms with Crippen molar-refractivity contribution in [3.05, 3.63) is 55.5 Å². The van der Waals surface area contributed by atoms with Gasteiger partial charge in [-0.15, -0.1) is 11.3 Å². The van der Waals surface area contributed by atoms with E-state index in [0.717, 1.165) is 25.3 Å². The van der Waals surface area contributed by atoms with Gasteiger partial charge in [-0.2, -0.15) is 0 Å². The van der Waals surface area contributed by atoms with Gasteiger partial charge in [0.05, 0.1) is 10.9 Å². The Hall–Kier alpha value is -2.94. The topological polar surface area (TPSA) is 114 Å². The molecule has 154 valence electrons. The number of hydrogen-bond donors (Lipinski definition) is 2. The first-order chi connectivity index (χ1) is 13.6. The number of rotatable bonds is 4. The third-order valence-electron chi connectivity index (χ3n) is 5.02. The molecule has 3 rings (SSSR count). The lowest BCUT2D eigenvalue weighted by molar-refractivity contribution is -0.402. The molecule has 0 spiro atoms. The van der Waals surface area contributed by atoms with Crippen LogP contribution in [-0.4, -0.2) is 16.7 Å². The van der Waals surface area contributed by atoms with Gasteiger partial charge < -0.3 is 4.42 Å². The zero-order chi connectivity index (χ0) is 21.2. The fraction of sp³-hybridized carbons (Fsp3) is 0.400. The maximum absolute atomic E-state index is 12.4. The molecule has 0 aliphatic heterocycles. The fourth-order valence-corrected chi connectivity index (χ4v) is 4.39. The Morgan fingerprint density at radius 2 is 2.07 bits per heavy atom. The lowest BCUT2D eigenvalue weighted by atomic mass is 9.72. The molecule has 1 atom stereocenters. The molecule has 0 saturated carbocycles. The summed E-state index contributed by atoms with van der Waals surface area (Å²) in [6.07, 6.45) is 5.46. The smallest absolute Gasteiger partial charge is 0.401 e. The molecule has 8 nitrogen and oxygen atoms in total. The molecule has 2 heterocycles. The predicted octanol–water partition coefficient (Wildman–Crippen LogP) is 3.87. The summed E-state index contributed by atoms with van der Waals surface area (Å²) >= 11 is 1.46. The zero-order valence-corrected chi connectivity index (χ0v) is 17.3. The summed E-state index contributed by atoms with van der Waals surface area (Å²) in [6, 6.07) is 4.49. The van der Waals surface area contributed by atoms with E-state index in [-0.39, 0.29) is 17.1 Å². The van der Waals surface area contributed by atoms with Crippen LogP contribution in [0.4, 0.5) is 5.88 Å². The minimum atomic E-state index is -0.665. The molecule has 9 heteroatoms. The molecule has 0 unspecified atom stereocenters. The van der Waals surface area contributed by atoms with Crippen LogP contribution >= 0.6 is 11.3 Å². The van der Waals surface area contributed by atoms with Crippen LogP contribution in [0.3, 0.4) is 0 Å². The van der Waals surface area contributed by atoms with Crippen LogP contribution in [0.5, 0.6) is 0 Å². The average Bonchev–Trinajstić information content (AvgIpc) is 3.29. The summed E-state index contributed by atoms with van der Waals surface area (Å²) in [6.45, 7) is 6.73. The third-order valence-corrected chi connectivity index (χ3v) is 6.26. The Kier molecular flexibility index (Phi) is 5.88. The van der Waals surface area contributed by atoms with Gasteiger partial charge in [0.1, 0.15) is 10.7 Å². The number of hydrogen-bond acceptors (Lipinski definition) is 6. The van der Waals surface area contributed by atoms with E-state index in [9.17, 15) is 19.7 Å². The lowest BCUT2D eigenvalue weighted by Crippen LogP contribution is -2.40. The molecule has 0 saturated heterocycles. The maximum atomic E-state index is 12.4. The molecule has 2 N–H and O–H groups in total. The van der Waals surface area contributed by atoms with E-state index in [2.05, 4.69) is 31.6 Å². The largest absolute Gasteiger partial charge is 0.433 e. The highest BCUT2D eigenvalue weighted by molar-refractivity contribution is 7.14. The minimum Gasteiger partial charge on any atom is -0.401 e. The molecule has 0 fully saturated rings. The number of fused-ring (bicyclic) bond motifs is 1. The van der Waals surface area contributed by atoms with Gasteiger partial charge in [-0.25, -0.2) is 0 Å². The van der Waals surface area contributed by atoms with Crippen LogP contribution in [0, 0.1) is 21.4 Å². The van der Waals surface area contributed by atoms with Gasteiger partial charge in [-0.05, 0) is 54.4 Å². The Bertz CT molecular complexity index is 967. The zero-order valence-electron chi connectivity index (χ0n) is 16.5. The minimum absolute atomic E-state index is 0.164. The van der Waals surface area contributed by atoms with E-state index in [4.69, 9.17) is 4.42 Å². The molecule has 2 aromatic rings. The van der Waals surface area contributed by atoms with Gasteiger partial charge in [0.15, 0.2) is 0 Å². The van der Waals surface area contributed by atoms with Crippen molar-refractivity contribution in [1.82, 2.24) is 10.9 Å². The highest BCUT2D eigenvalue weighted by atomic mass is 32.1. The first kappa shape index (κ1) is 20.8. The van der Waals surface area contributed by atoms with Crippen LogP contribution in [0.15, 0.2) is 28.7 Å². The summed E-state index contributed by atoms with van der Waals surface area (Å²) in [5.41, 5.74) is 6.14. The van der Waals surface area contributed by atoms with Crippen molar-refractivity contribution in [1.29, 1.82) is 0 Å². The van der Waals surface area contributed by atoms with Gasteiger partial charge in [-0.3, -0.25) is 30.6 Å². The Labute approximate surface area is 172 Å². The van der Waals surface area contributed by atoms with Crippen LogP contribution in [0.25, 0.3) is 6.08 Å². The van der Waals surface area contributed by atoms with Crippen molar-refractivity contribution in [3.8, 4) is 0 Å². The maximum Gasteiger partial charge on any atom is 0.433 e. The van der Waals surface area contributed by atoms with E-state index in [1.807, 2.05) is 6.07 Å². The molecule has 2 amide bonds. The first-order valence-electron chi connectivity index (χ1n) is 9.27. The van der Waals surface area contributed by atoms with Crippen molar-refractivity contribution < 1.29 is 18.9 Å². The standard InChI is InChI=1S/C20H23N3O5S/c1-20(2,3)13-4-7-15-12(10-13)11-16(29-15)19(25)22-21-17(24)8-5-14-6-9-18(28-14)23(26)27/h5-6,8-9,11,13H,4,7,10H2,1-3H3,(H,21,24)(H,22,25)/b8-5+/t13-/m0/s1. The summed E-state index contributed by atoms with van der Waals surface area (Å²) in [5, 5.41) is 10.6. The van der Waals surface area contributed by atoms with E-state index in [0.29, 0.717) is 10.8 Å². The van der Waals surface area contributed by atoms with Crippen LogP contribution in [0.1, 0.15) is 53.1 Å². The summed E-state index contributed by atoms with van der Waals surface area (Å²) in [7, 11) is 0. The van der Waals surface area contributed by atoms with E-state index in [1.54, 1.807) is 0 Å². The summed E-state index contributed by atoms with van der Waals surface area (Å²) < 4.78 is 4.92.